The predicted molar refractivity (Wildman–Crippen MR) is 92.9 cm³/mol. The molecule has 0 aliphatic carbocycles. The minimum Gasteiger partial charge on any atom is -0.266 e. The monoisotopic (exact) mass is 304 g/mol. The van der Waals surface area contributed by atoms with Gasteiger partial charge in [0.05, 0.1) is 8.22 Å². The quantitative estimate of drug-likeness (QED) is 0.776. The van der Waals surface area contributed by atoms with Crippen LogP contribution in [0.5, 0.6) is 0 Å². The van der Waals surface area contributed by atoms with Crippen LogP contribution in [0, 0.1) is 11.8 Å². The van der Waals surface area contributed by atoms with Crippen LogP contribution < -0.4 is 5.30 Å². The normalized spacial score (nSPS) is 23.8. The van der Waals surface area contributed by atoms with E-state index in [2.05, 4.69) is 53.5 Å². The average Bonchev–Trinajstić information content (AvgIpc) is 2.52. The van der Waals surface area contributed by atoms with Gasteiger partial charge in [0.2, 0.25) is 0 Å². The van der Waals surface area contributed by atoms with E-state index in [1.54, 1.807) is 5.30 Å². The van der Waals surface area contributed by atoms with Crippen molar-refractivity contribution in [1.82, 2.24) is 9.34 Å². The first-order chi connectivity index (χ1) is 10.2. The number of hydrogen-bond donors (Lipinski definition) is 0. The molecule has 2 heterocycles. The fraction of sp³-hybridized carbons (Fsp3) is 0.667. The number of nitrogens with zero attached hydrogens (tertiary/aromatic N) is 2. The maximum absolute atomic E-state index is 2.79. The minimum absolute atomic E-state index is 0.264. The molecule has 3 rings (SSSR count). The number of piperidine rings is 2. The van der Waals surface area contributed by atoms with Crippen LogP contribution in [0.3, 0.4) is 0 Å². The van der Waals surface area contributed by atoms with Gasteiger partial charge in [-0.1, -0.05) is 44.2 Å². The third-order valence-corrected chi connectivity index (χ3v) is 7.67. The second-order valence-corrected chi connectivity index (χ2v) is 9.12. The molecule has 0 amide bonds. The molecule has 0 spiro atoms. The minimum atomic E-state index is -0.264. The Labute approximate surface area is 131 Å². The van der Waals surface area contributed by atoms with E-state index >= 15 is 0 Å². The van der Waals surface area contributed by atoms with Crippen molar-refractivity contribution in [2.24, 2.45) is 11.8 Å². The maximum Gasteiger partial charge on any atom is 0.0724 e. The first-order valence-corrected chi connectivity index (χ1v) is 9.83. The van der Waals surface area contributed by atoms with Crippen molar-refractivity contribution in [3.8, 4) is 0 Å². The highest BCUT2D eigenvalue weighted by molar-refractivity contribution is 7.61. The zero-order valence-electron chi connectivity index (χ0n) is 13.5. The molecule has 2 nitrogen and oxygen atoms in total. The van der Waals surface area contributed by atoms with Crippen LogP contribution in [0.4, 0.5) is 0 Å². The lowest BCUT2D eigenvalue weighted by Gasteiger charge is -2.44. The van der Waals surface area contributed by atoms with Crippen LogP contribution in [0.1, 0.15) is 39.5 Å². The highest BCUT2D eigenvalue weighted by Crippen LogP contribution is 2.47. The molecule has 0 bridgehead atoms. The fourth-order valence-corrected chi connectivity index (χ4v) is 6.11. The van der Waals surface area contributed by atoms with Gasteiger partial charge in [0.25, 0.3) is 0 Å². The Hall–Kier alpha value is -0.430. The molecular weight excluding hydrogens is 275 g/mol. The molecule has 1 aromatic rings. The van der Waals surface area contributed by atoms with Crippen molar-refractivity contribution in [3.05, 3.63) is 30.3 Å². The fourth-order valence-electron chi connectivity index (χ4n) is 3.44. The summed E-state index contributed by atoms with van der Waals surface area (Å²) in [4.78, 5) is 0. The van der Waals surface area contributed by atoms with Gasteiger partial charge in [-0.15, -0.1) is 0 Å². The maximum atomic E-state index is 2.79. The lowest BCUT2D eigenvalue weighted by Crippen LogP contribution is -2.41. The summed E-state index contributed by atoms with van der Waals surface area (Å²) in [6.45, 7) is 9.96. The van der Waals surface area contributed by atoms with Crippen molar-refractivity contribution in [2.45, 2.75) is 39.5 Å². The van der Waals surface area contributed by atoms with Gasteiger partial charge in [-0.05, 0) is 37.5 Å². The topological polar surface area (TPSA) is 6.48 Å². The molecule has 0 radical (unpaired) electrons. The molecule has 2 saturated heterocycles. The summed E-state index contributed by atoms with van der Waals surface area (Å²) in [5, 5.41) is 1.55. The lowest BCUT2D eigenvalue weighted by molar-refractivity contribution is 0.259. The smallest absolute Gasteiger partial charge is 0.0724 e. The second-order valence-electron chi connectivity index (χ2n) is 6.90. The van der Waals surface area contributed by atoms with Crippen molar-refractivity contribution in [1.29, 1.82) is 0 Å². The van der Waals surface area contributed by atoms with Gasteiger partial charge in [-0.2, -0.15) is 0 Å². The van der Waals surface area contributed by atoms with Crippen molar-refractivity contribution >= 4 is 13.5 Å². The van der Waals surface area contributed by atoms with Gasteiger partial charge >= 0.3 is 0 Å². The Kier molecular flexibility index (Phi) is 5.32. The first-order valence-electron chi connectivity index (χ1n) is 8.59. The van der Waals surface area contributed by atoms with E-state index in [0.29, 0.717) is 0 Å². The van der Waals surface area contributed by atoms with E-state index in [1.165, 1.54) is 51.9 Å². The summed E-state index contributed by atoms with van der Waals surface area (Å²) >= 11 is 0. The Morgan fingerprint density at radius 1 is 0.762 bits per heavy atom. The Morgan fingerprint density at radius 3 is 1.62 bits per heavy atom. The molecule has 2 aliphatic rings. The van der Waals surface area contributed by atoms with Crippen LogP contribution in [0.15, 0.2) is 30.3 Å². The highest BCUT2D eigenvalue weighted by atomic mass is 31.1. The zero-order valence-corrected chi connectivity index (χ0v) is 14.4. The van der Waals surface area contributed by atoms with E-state index < -0.39 is 0 Å². The Morgan fingerprint density at radius 2 is 1.19 bits per heavy atom. The molecular formula is C18H29N2P. The summed E-state index contributed by atoms with van der Waals surface area (Å²) in [6.07, 6.45) is 5.48. The van der Waals surface area contributed by atoms with Crippen molar-refractivity contribution < 1.29 is 0 Å². The predicted octanol–water partition coefficient (Wildman–Crippen LogP) is 4.09. The van der Waals surface area contributed by atoms with Gasteiger partial charge in [-0.3, -0.25) is 9.34 Å². The summed E-state index contributed by atoms with van der Waals surface area (Å²) < 4.78 is 5.58. The van der Waals surface area contributed by atoms with Gasteiger partial charge in [0.15, 0.2) is 0 Å². The molecule has 0 saturated carbocycles. The SMILES string of the molecule is CC1CCN(P(c2ccccc2)N2CCC(C)CC2)CC1. The average molecular weight is 304 g/mol. The molecule has 3 heteroatoms. The van der Waals surface area contributed by atoms with E-state index in [0.717, 1.165) is 11.8 Å². The Balaban J connectivity index is 1.78. The first kappa shape index (κ1) is 15.5. The summed E-state index contributed by atoms with van der Waals surface area (Å²) in [7, 11) is -0.264. The van der Waals surface area contributed by atoms with Crippen LogP contribution in [-0.2, 0) is 0 Å². The van der Waals surface area contributed by atoms with Gasteiger partial charge in [-0.25, -0.2) is 0 Å². The standard InChI is InChI=1S/C18H29N2P/c1-16-8-12-19(13-9-16)21(18-6-4-3-5-7-18)20-14-10-17(2)11-15-20/h3-7,16-17H,8-15H2,1-2H3. The van der Waals surface area contributed by atoms with Gasteiger partial charge in [0.1, 0.15) is 0 Å². The van der Waals surface area contributed by atoms with Crippen LogP contribution in [0.25, 0.3) is 0 Å². The van der Waals surface area contributed by atoms with E-state index in [4.69, 9.17) is 0 Å². The van der Waals surface area contributed by atoms with E-state index in [9.17, 15) is 0 Å². The molecule has 2 aliphatic heterocycles. The summed E-state index contributed by atoms with van der Waals surface area (Å²) in [5.74, 6) is 1.82. The third-order valence-electron chi connectivity index (χ3n) is 5.04. The highest BCUT2D eigenvalue weighted by Gasteiger charge is 2.31. The van der Waals surface area contributed by atoms with Crippen LogP contribution in [-0.4, -0.2) is 35.5 Å². The van der Waals surface area contributed by atoms with Crippen molar-refractivity contribution in [3.63, 3.8) is 0 Å². The molecule has 0 unspecified atom stereocenters. The largest absolute Gasteiger partial charge is 0.266 e. The molecule has 0 aromatic heterocycles. The second kappa shape index (κ2) is 7.22. The Bertz CT molecular complexity index is 398. The zero-order chi connectivity index (χ0) is 14.7. The van der Waals surface area contributed by atoms with Gasteiger partial charge < -0.3 is 0 Å². The summed E-state index contributed by atoms with van der Waals surface area (Å²) in [5.41, 5.74) is 0. The number of rotatable bonds is 3. The number of hydrogen-bond acceptors (Lipinski definition) is 2. The molecule has 0 atom stereocenters. The van der Waals surface area contributed by atoms with E-state index in [1.807, 2.05) is 0 Å². The van der Waals surface area contributed by atoms with Crippen LogP contribution in [0.2, 0.25) is 0 Å². The lowest BCUT2D eigenvalue weighted by atomic mass is 10.0. The van der Waals surface area contributed by atoms with Crippen LogP contribution >= 0.6 is 8.22 Å². The van der Waals surface area contributed by atoms with Crippen molar-refractivity contribution in [2.75, 3.05) is 26.2 Å². The third kappa shape index (κ3) is 3.86. The number of benzene rings is 1. The van der Waals surface area contributed by atoms with E-state index in [-0.39, 0.29) is 8.22 Å². The molecule has 0 N–H and O–H groups in total. The summed E-state index contributed by atoms with van der Waals surface area (Å²) in [6, 6.07) is 11.3. The molecule has 21 heavy (non-hydrogen) atoms. The molecule has 116 valence electrons. The molecule has 1 aromatic carbocycles. The van der Waals surface area contributed by atoms with Gasteiger partial charge in [0, 0.05) is 31.5 Å². The molecule has 2 fully saturated rings.